The Bertz CT molecular complexity index is 836. The summed E-state index contributed by atoms with van der Waals surface area (Å²) in [7, 11) is 0. The summed E-state index contributed by atoms with van der Waals surface area (Å²) in [6, 6.07) is 10.1. The first-order valence-corrected chi connectivity index (χ1v) is 8.28. The molecule has 2 aromatic carbocycles. The third-order valence-electron chi connectivity index (χ3n) is 4.01. The van der Waals surface area contributed by atoms with E-state index >= 15 is 0 Å². The Balaban J connectivity index is 1.86. The van der Waals surface area contributed by atoms with Crippen LogP contribution in [-0.4, -0.2) is 17.9 Å². The Morgan fingerprint density at radius 2 is 1.79 bits per heavy atom. The molecule has 1 atom stereocenters. The number of hydrogen-bond acceptors (Lipinski definition) is 3. The van der Waals surface area contributed by atoms with Crippen LogP contribution in [0.5, 0.6) is 0 Å². The highest BCUT2D eigenvalue weighted by atomic mass is 35.5. The summed E-state index contributed by atoms with van der Waals surface area (Å²) >= 11 is 11.9. The van der Waals surface area contributed by atoms with E-state index in [9.17, 15) is 9.59 Å². The van der Waals surface area contributed by atoms with Crippen molar-refractivity contribution in [2.75, 3.05) is 10.2 Å². The van der Waals surface area contributed by atoms with Crippen molar-refractivity contribution in [2.45, 2.75) is 26.3 Å². The Morgan fingerprint density at radius 3 is 2.50 bits per heavy atom. The van der Waals surface area contributed by atoms with Crippen LogP contribution in [0, 0.1) is 13.8 Å². The Hall–Kier alpha value is -2.04. The van der Waals surface area contributed by atoms with E-state index in [0.717, 1.165) is 11.1 Å². The van der Waals surface area contributed by atoms with Gasteiger partial charge in [-0.2, -0.15) is 0 Å². The van der Waals surface area contributed by atoms with Gasteiger partial charge in [-0.15, -0.1) is 0 Å². The molecule has 1 saturated heterocycles. The summed E-state index contributed by atoms with van der Waals surface area (Å²) in [5.41, 5.74) is 3.18. The first-order valence-electron chi connectivity index (χ1n) is 7.52. The van der Waals surface area contributed by atoms with Crippen molar-refractivity contribution >= 4 is 46.4 Å². The lowest BCUT2D eigenvalue weighted by atomic mass is 10.1. The minimum Gasteiger partial charge on any atom is -0.373 e. The van der Waals surface area contributed by atoms with Gasteiger partial charge in [-0.25, -0.2) is 4.90 Å². The average Bonchev–Trinajstić information content (AvgIpc) is 2.80. The second-order valence-electron chi connectivity index (χ2n) is 5.89. The zero-order valence-corrected chi connectivity index (χ0v) is 14.8. The van der Waals surface area contributed by atoms with Gasteiger partial charge in [0, 0.05) is 5.69 Å². The zero-order chi connectivity index (χ0) is 17.4. The molecule has 1 heterocycles. The van der Waals surface area contributed by atoms with Gasteiger partial charge in [-0.3, -0.25) is 9.59 Å². The summed E-state index contributed by atoms with van der Waals surface area (Å²) in [4.78, 5) is 26.4. The maximum absolute atomic E-state index is 12.7. The number of amides is 2. The highest BCUT2D eigenvalue weighted by Crippen LogP contribution is 2.30. The minimum absolute atomic E-state index is 0.104. The Morgan fingerprint density at radius 1 is 1.04 bits per heavy atom. The number of halogens is 2. The summed E-state index contributed by atoms with van der Waals surface area (Å²) in [6.45, 7) is 3.81. The predicted octanol–water partition coefficient (Wildman–Crippen LogP) is 4.35. The maximum atomic E-state index is 12.7. The largest absolute Gasteiger partial charge is 0.373 e. The molecule has 1 fully saturated rings. The monoisotopic (exact) mass is 362 g/mol. The second kappa shape index (κ2) is 6.46. The van der Waals surface area contributed by atoms with Gasteiger partial charge in [0.15, 0.2) is 0 Å². The van der Waals surface area contributed by atoms with Crippen molar-refractivity contribution < 1.29 is 9.59 Å². The van der Waals surface area contributed by atoms with E-state index in [1.807, 2.05) is 32.0 Å². The van der Waals surface area contributed by atoms with Crippen molar-refractivity contribution in [3.05, 3.63) is 57.6 Å². The molecule has 124 valence electrons. The molecule has 2 amide bonds. The summed E-state index contributed by atoms with van der Waals surface area (Å²) in [5, 5.41) is 3.90. The third kappa shape index (κ3) is 3.12. The molecular formula is C18H16Cl2N2O2. The molecule has 0 aromatic heterocycles. The van der Waals surface area contributed by atoms with Crippen molar-refractivity contribution in [3.63, 3.8) is 0 Å². The van der Waals surface area contributed by atoms with Gasteiger partial charge in [-0.05, 0) is 49.2 Å². The van der Waals surface area contributed by atoms with Crippen LogP contribution in [0.15, 0.2) is 36.4 Å². The highest BCUT2D eigenvalue weighted by Gasteiger charge is 2.40. The number of rotatable bonds is 3. The van der Waals surface area contributed by atoms with Gasteiger partial charge in [-0.1, -0.05) is 35.3 Å². The van der Waals surface area contributed by atoms with Crippen molar-refractivity contribution in [1.29, 1.82) is 0 Å². The molecule has 1 aliphatic heterocycles. The van der Waals surface area contributed by atoms with E-state index in [1.54, 1.807) is 18.2 Å². The van der Waals surface area contributed by atoms with E-state index in [2.05, 4.69) is 5.32 Å². The van der Waals surface area contributed by atoms with Crippen LogP contribution >= 0.6 is 23.2 Å². The molecule has 0 spiro atoms. The van der Waals surface area contributed by atoms with Crippen LogP contribution in [-0.2, 0) is 9.59 Å². The number of hydrogen-bond donors (Lipinski definition) is 1. The topological polar surface area (TPSA) is 49.4 Å². The molecule has 2 aromatic rings. The number of imide groups is 1. The molecule has 6 heteroatoms. The molecule has 1 aliphatic rings. The molecule has 0 saturated carbocycles. The molecule has 0 unspecified atom stereocenters. The zero-order valence-electron chi connectivity index (χ0n) is 13.3. The first-order chi connectivity index (χ1) is 11.4. The van der Waals surface area contributed by atoms with Crippen LogP contribution in [0.3, 0.4) is 0 Å². The molecule has 3 rings (SSSR count). The average molecular weight is 363 g/mol. The number of benzene rings is 2. The fraction of sp³-hybridized carbons (Fsp3) is 0.222. The SMILES string of the molecule is Cc1ccc(C)c(N2C(=O)C[C@@H](Nc3ccc(Cl)c(Cl)c3)C2=O)c1. The fourth-order valence-electron chi connectivity index (χ4n) is 2.75. The van der Waals surface area contributed by atoms with E-state index in [1.165, 1.54) is 4.90 Å². The first kappa shape index (κ1) is 16.8. The number of aryl methyl sites for hydroxylation is 2. The summed E-state index contributed by atoms with van der Waals surface area (Å²) in [6.07, 6.45) is 0.104. The van der Waals surface area contributed by atoms with Crippen LogP contribution < -0.4 is 10.2 Å². The van der Waals surface area contributed by atoms with E-state index in [4.69, 9.17) is 23.2 Å². The molecule has 0 aliphatic carbocycles. The predicted molar refractivity (Wildman–Crippen MR) is 96.9 cm³/mol. The number of nitrogens with one attached hydrogen (secondary N) is 1. The smallest absolute Gasteiger partial charge is 0.256 e. The summed E-state index contributed by atoms with van der Waals surface area (Å²) in [5.74, 6) is -0.481. The van der Waals surface area contributed by atoms with Crippen molar-refractivity contribution in [3.8, 4) is 0 Å². The maximum Gasteiger partial charge on any atom is 0.256 e. The normalized spacial score (nSPS) is 17.5. The molecular weight excluding hydrogens is 347 g/mol. The Kier molecular flexibility index (Phi) is 4.52. The lowest BCUT2D eigenvalue weighted by molar-refractivity contribution is -0.121. The van der Waals surface area contributed by atoms with E-state index < -0.39 is 6.04 Å². The third-order valence-corrected chi connectivity index (χ3v) is 4.75. The van der Waals surface area contributed by atoms with E-state index in [0.29, 0.717) is 21.4 Å². The van der Waals surface area contributed by atoms with Gasteiger partial charge in [0.2, 0.25) is 5.91 Å². The fourth-order valence-corrected chi connectivity index (χ4v) is 3.04. The van der Waals surface area contributed by atoms with Crippen molar-refractivity contribution in [1.82, 2.24) is 0 Å². The standard InChI is InChI=1S/C18H16Cl2N2O2/c1-10-3-4-11(2)16(7-10)22-17(23)9-15(18(22)24)21-12-5-6-13(19)14(20)8-12/h3-8,15,21H,9H2,1-2H3/t15-/m1/s1. The number of carbonyl (C=O) groups is 2. The molecule has 4 nitrogen and oxygen atoms in total. The minimum atomic E-state index is -0.616. The highest BCUT2D eigenvalue weighted by molar-refractivity contribution is 6.42. The molecule has 24 heavy (non-hydrogen) atoms. The van der Waals surface area contributed by atoms with Gasteiger partial charge in [0.1, 0.15) is 6.04 Å². The molecule has 0 radical (unpaired) electrons. The lowest BCUT2D eigenvalue weighted by Crippen LogP contribution is -2.35. The van der Waals surface area contributed by atoms with Crippen LogP contribution in [0.4, 0.5) is 11.4 Å². The summed E-state index contributed by atoms with van der Waals surface area (Å²) < 4.78 is 0. The van der Waals surface area contributed by atoms with E-state index in [-0.39, 0.29) is 18.2 Å². The van der Waals surface area contributed by atoms with Crippen LogP contribution in [0.2, 0.25) is 10.0 Å². The number of nitrogens with zero attached hydrogens (tertiary/aromatic N) is 1. The van der Waals surface area contributed by atoms with Gasteiger partial charge in [0.25, 0.3) is 5.91 Å². The van der Waals surface area contributed by atoms with Crippen LogP contribution in [0.25, 0.3) is 0 Å². The molecule has 0 bridgehead atoms. The molecule has 1 N–H and O–H groups in total. The van der Waals surface area contributed by atoms with Gasteiger partial charge in [0.05, 0.1) is 22.2 Å². The van der Waals surface area contributed by atoms with Crippen molar-refractivity contribution in [2.24, 2.45) is 0 Å². The number of anilines is 2. The van der Waals surface area contributed by atoms with Gasteiger partial charge >= 0.3 is 0 Å². The van der Waals surface area contributed by atoms with Crippen LogP contribution in [0.1, 0.15) is 17.5 Å². The lowest BCUT2D eigenvalue weighted by Gasteiger charge is -2.18. The quantitative estimate of drug-likeness (QED) is 0.825. The Labute approximate surface area is 150 Å². The van der Waals surface area contributed by atoms with Gasteiger partial charge < -0.3 is 5.32 Å². The number of carbonyl (C=O) groups excluding carboxylic acids is 2. The second-order valence-corrected chi connectivity index (χ2v) is 6.70.